The van der Waals surface area contributed by atoms with E-state index in [-0.39, 0.29) is 12.6 Å². The molecule has 1 aromatic heterocycles. The first-order valence-corrected chi connectivity index (χ1v) is 6.68. The van der Waals surface area contributed by atoms with Crippen LogP contribution < -0.4 is 10.6 Å². The van der Waals surface area contributed by atoms with Gasteiger partial charge in [0.2, 0.25) is 0 Å². The van der Waals surface area contributed by atoms with Crippen molar-refractivity contribution in [1.82, 2.24) is 9.97 Å². The van der Waals surface area contributed by atoms with Crippen LogP contribution in [0.2, 0.25) is 0 Å². The Labute approximate surface area is 109 Å². The van der Waals surface area contributed by atoms with Gasteiger partial charge in [0.05, 0.1) is 6.61 Å². The predicted octanol–water partition coefficient (Wildman–Crippen LogP) is 2.04. The fourth-order valence-corrected chi connectivity index (χ4v) is 1.55. The number of rotatable bonds is 8. The fraction of sp³-hybridized carbons (Fsp3) is 0.692. The van der Waals surface area contributed by atoms with E-state index in [4.69, 9.17) is 5.11 Å². The molecule has 0 spiro atoms. The Kier molecular flexibility index (Phi) is 6.43. The molecule has 1 aromatic rings. The molecular formula is C13H24N4O. The largest absolute Gasteiger partial charge is 0.394 e. The van der Waals surface area contributed by atoms with Gasteiger partial charge in [-0.1, -0.05) is 13.8 Å². The second-order valence-electron chi connectivity index (χ2n) is 4.46. The summed E-state index contributed by atoms with van der Waals surface area (Å²) in [5, 5.41) is 15.5. The summed E-state index contributed by atoms with van der Waals surface area (Å²) >= 11 is 0. The molecule has 0 aliphatic rings. The zero-order chi connectivity index (χ0) is 13.4. The van der Waals surface area contributed by atoms with E-state index in [1.165, 1.54) is 0 Å². The van der Waals surface area contributed by atoms with Crippen LogP contribution in [-0.2, 0) is 6.42 Å². The van der Waals surface area contributed by atoms with Crippen molar-refractivity contribution in [3.63, 3.8) is 0 Å². The SMILES string of the molecule is CCCNc1cc(NC(C)CO)nc(CCC)n1. The average Bonchev–Trinajstić information content (AvgIpc) is 2.36. The molecule has 1 heterocycles. The van der Waals surface area contributed by atoms with Crippen molar-refractivity contribution < 1.29 is 5.11 Å². The van der Waals surface area contributed by atoms with Gasteiger partial charge in [0.25, 0.3) is 0 Å². The molecule has 5 nitrogen and oxygen atoms in total. The zero-order valence-corrected chi connectivity index (χ0v) is 11.5. The number of aromatic nitrogens is 2. The van der Waals surface area contributed by atoms with Gasteiger partial charge in [0.1, 0.15) is 17.5 Å². The third-order valence-corrected chi connectivity index (χ3v) is 2.47. The van der Waals surface area contributed by atoms with Crippen LogP contribution in [0.3, 0.4) is 0 Å². The fourth-order valence-electron chi connectivity index (χ4n) is 1.55. The summed E-state index contributed by atoms with van der Waals surface area (Å²) in [6.07, 6.45) is 2.94. The molecule has 0 saturated heterocycles. The Morgan fingerprint density at radius 2 is 1.94 bits per heavy atom. The maximum atomic E-state index is 9.06. The molecule has 0 amide bonds. The van der Waals surface area contributed by atoms with E-state index in [1.807, 2.05) is 13.0 Å². The van der Waals surface area contributed by atoms with Gasteiger partial charge in [-0.3, -0.25) is 0 Å². The Bertz CT molecular complexity index is 357. The topological polar surface area (TPSA) is 70.1 Å². The van der Waals surface area contributed by atoms with E-state index in [9.17, 15) is 0 Å². The van der Waals surface area contributed by atoms with Crippen LogP contribution in [0.25, 0.3) is 0 Å². The number of nitrogens with one attached hydrogen (secondary N) is 2. The lowest BCUT2D eigenvalue weighted by Crippen LogP contribution is -2.21. The summed E-state index contributed by atoms with van der Waals surface area (Å²) in [6.45, 7) is 7.14. The molecule has 0 fully saturated rings. The number of aliphatic hydroxyl groups excluding tert-OH is 1. The molecule has 1 unspecified atom stereocenters. The first-order valence-electron chi connectivity index (χ1n) is 6.68. The molecule has 102 valence electrons. The lowest BCUT2D eigenvalue weighted by molar-refractivity contribution is 0.281. The van der Waals surface area contributed by atoms with Crippen molar-refractivity contribution in [2.45, 2.75) is 46.1 Å². The highest BCUT2D eigenvalue weighted by Gasteiger charge is 2.06. The summed E-state index contributed by atoms with van der Waals surface area (Å²) in [6, 6.07) is 1.88. The maximum Gasteiger partial charge on any atom is 0.133 e. The van der Waals surface area contributed by atoms with Gasteiger partial charge in [-0.25, -0.2) is 9.97 Å². The van der Waals surface area contributed by atoms with Gasteiger partial charge in [-0.2, -0.15) is 0 Å². The van der Waals surface area contributed by atoms with Crippen molar-refractivity contribution in [1.29, 1.82) is 0 Å². The highest BCUT2D eigenvalue weighted by atomic mass is 16.3. The minimum Gasteiger partial charge on any atom is -0.394 e. The lowest BCUT2D eigenvalue weighted by atomic mass is 10.3. The van der Waals surface area contributed by atoms with E-state index >= 15 is 0 Å². The Morgan fingerprint density at radius 3 is 2.56 bits per heavy atom. The summed E-state index contributed by atoms with van der Waals surface area (Å²) in [7, 11) is 0. The second-order valence-corrected chi connectivity index (χ2v) is 4.46. The molecule has 0 bridgehead atoms. The molecule has 18 heavy (non-hydrogen) atoms. The predicted molar refractivity (Wildman–Crippen MR) is 75.0 cm³/mol. The van der Waals surface area contributed by atoms with Gasteiger partial charge in [-0.05, 0) is 19.8 Å². The Hall–Kier alpha value is -1.36. The molecule has 0 saturated carbocycles. The minimum absolute atomic E-state index is 0.00611. The standard InChI is InChI=1S/C13H24N4O/c1-4-6-11-16-12(14-7-5-2)8-13(17-11)15-10(3)9-18/h8,10,18H,4-7,9H2,1-3H3,(H2,14,15,16,17). The third kappa shape index (κ3) is 4.87. The number of aliphatic hydroxyl groups is 1. The van der Waals surface area contributed by atoms with Crippen LogP contribution in [0, 0.1) is 0 Å². The molecule has 0 aromatic carbocycles. The molecule has 0 aliphatic heterocycles. The van der Waals surface area contributed by atoms with E-state index < -0.39 is 0 Å². The van der Waals surface area contributed by atoms with Gasteiger partial charge in [0.15, 0.2) is 0 Å². The Balaban J connectivity index is 2.83. The van der Waals surface area contributed by atoms with Crippen LogP contribution >= 0.6 is 0 Å². The molecule has 3 N–H and O–H groups in total. The van der Waals surface area contributed by atoms with Gasteiger partial charge < -0.3 is 15.7 Å². The molecule has 5 heteroatoms. The van der Waals surface area contributed by atoms with Crippen LogP contribution in [0.1, 0.15) is 39.4 Å². The molecule has 0 aliphatic carbocycles. The quantitative estimate of drug-likeness (QED) is 0.660. The second kappa shape index (κ2) is 7.87. The van der Waals surface area contributed by atoms with Gasteiger partial charge >= 0.3 is 0 Å². The normalized spacial score (nSPS) is 12.2. The van der Waals surface area contributed by atoms with E-state index in [1.54, 1.807) is 0 Å². The highest BCUT2D eigenvalue weighted by Crippen LogP contribution is 2.13. The van der Waals surface area contributed by atoms with Crippen LogP contribution in [0.15, 0.2) is 6.07 Å². The molecule has 0 radical (unpaired) electrons. The highest BCUT2D eigenvalue weighted by molar-refractivity contribution is 5.48. The number of anilines is 2. The monoisotopic (exact) mass is 252 g/mol. The zero-order valence-electron chi connectivity index (χ0n) is 11.5. The van der Waals surface area contributed by atoms with Crippen molar-refractivity contribution >= 4 is 11.6 Å². The number of hydrogen-bond donors (Lipinski definition) is 3. The van der Waals surface area contributed by atoms with E-state index in [0.717, 1.165) is 43.3 Å². The lowest BCUT2D eigenvalue weighted by Gasteiger charge is -2.14. The third-order valence-electron chi connectivity index (χ3n) is 2.47. The van der Waals surface area contributed by atoms with Crippen molar-refractivity contribution in [3.8, 4) is 0 Å². The average molecular weight is 252 g/mol. The van der Waals surface area contributed by atoms with Crippen LogP contribution in [0.5, 0.6) is 0 Å². The van der Waals surface area contributed by atoms with E-state index in [2.05, 4.69) is 34.4 Å². The molecule has 1 rings (SSSR count). The van der Waals surface area contributed by atoms with Crippen molar-refractivity contribution in [2.24, 2.45) is 0 Å². The van der Waals surface area contributed by atoms with Crippen molar-refractivity contribution in [2.75, 3.05) is 23.8 Å². The van der Waals surface area contributed by atoms with Crippen molar-refractivity contribution in [3.05, 3.63) is 11.9 Å². The van der Waals surface area contributed by atoms with Gasteiger partial charge in [0, 0.05) is 25.1 Å². The number of nitrogens with zero attached hydrogens (tertiary/aromatic N) is 2. The molecular weight excluding hydrogens is 228 g/mol. The van der Waals surface area contributed by atoms with Gasteiger partial charge in [-0.15, -0.1) is 0 Å². The van der Waals surface area contributed by atoms with E-state index in [0.29, 0.717) is 0 Å². The first-order chi connectivity index (χ1) is 8.69. The maximum absolute atomic E-state index is 9.06. The van der Waals surface area contributed by atoms with Crippen LogP contribution in [0.4, 0.5) is 11.6 Å². The van der Waals surface area contributed by atoms with Crippen LogP contribution in [-0.4, -0.2) is 34.3 Å². The first kappa shape index (κ1) is 14.7. The summed E-state index contributed by atoms with van der Waals surface area (Å²) in [4.78, 5) is 8.91. The summed E-state index contributed by atoms with van der Waals surface area (Å²) in [5.41, 5.74) is 0. The Morgan fingerprint density at radius 1 is 1.22 bits per heavy atom. The number of hydrogen-bond acceptors (Lipinski definition) is 5. The number of aryl methyl sites for hydroxylation is 1. The summed E-state index contributed by atoms with van der Waals surface area (Å²) < 4.78 is 0. The molecule has 1 atom stereocenters. The smallest absolute Gasteiger partial charge is 0.133 e. The summed E-state index contributed by atoms with van der Waals surface area (Å²) in [5.74, 6) is 2.46. The minimum atomic E-state index is -0.00611.